The van der Waals surface area contributed by atoms with Gasteiger partial charge in [-0.05, 0) is 35.4 Å². The SMILES string of the molecule is Clc1ccc([C@@H](Cl)c2ccc(Br)cc2)cc1. The summed E-state index contributed by atoms with van der Waals surface area (Å²) in [5.74, 6) is 0. The second-order valence-corrected chi connectivity index (χ2v) is 5.25. The summed E-state index contributed by atoms with van der Waals surface area (Å²) in [4.78, 5) is 0. The van der Waals surface area contributed by atoms with Crippen LogP contribution in [0.2, 0.25) is 5.02 Å². The first-order chi connectivity index (χ1) is 7.66. The van der Waals surface area contributed by atoms with Crippen molar-refractivity contribution < 1.29 is 0 Å². The van der Waals surface area contributed by atoms with E-state index in [1.807, 2.05) is 48.5 Å². The van der Waals surface area contributed by atoms with Gasteiger partial charge in [0.25, 0.3) is 0 Å². The average Bonchev–Trinajstić information content (AvgIpc) is 2.30. The molecule has 2 rings (SSSR count). The highest BCUT2D eigenvalue weighted by Crippen LogP contribution is 2.30. The third-order valence-corrected chi connectivity index (χ3v) is 3.61. The Hall–Kier alpha value is -0.500. The van der Waals surface area contributed by atoms with Crippen LogP contribution < -0.4 is 0 Å². The Kier molecular flexibility index (Phi) is 3.91. The second-order valence-electron chi connectivity index (χ2n) is 3.47. The Morgan fingerprint density at radius 2 is 1.25 bits per heavy atom. The highest BCUT2D eigenvalue weighted by atomic mass is 79.9. The van der Waals surface area contributed by atoms with E-state index in [-0.39, 0.29) is 5.38 Å². The molecule has 0 aromatic heterocycles. The zero-order chi connectivity index (χ0) is 11.5. The first kappa shape index (κ1) is 12.0. The molecule has 82 valence electrons. The molecule has 0 saturated carbocycles. The van der Waals surface area contributed by atoms with Gasteiger partial charge in [-0.3, -0.25) is 0 Å². The largest absolute Gasteiger partial charge is 0.113 e. The van der Waals surface area contributed by atoms with E-state index in [0.29, 0.717) is 0 Å². The van der Waals surface area contributed by atoms with Gasteiger partial charge in [0.2, 0.25) is 0 Å². The van der Waals surface area contributed by atoms with Gasteiger partial charge in [-0.2, -0.15) is 0 Å². The Morgan fingerprint density at radius 3 is 1.75 bits per heavy atom. The molecule has 0 N–H and O–H groups in total. The lowest BCUT2D eigenvalue weighted by atomic mass is 10.0. The Morgan fingerprint density at radius 1 is 0.812 bits per heavy atom. The Balaban J connectivity index is 2.28. The monoisotopic (exact) mass is 314 g/mol. The summed E-state index contributed by atoms with van der Waals surface area (Å²) >= 11 is 15.6. The summed E-state index contributed by atoms with van der Waals surface area (Å²) in [5, 5.41) is 0.591. The van der Waals surface area contributed by atoms with Crippen LogP contribution in [0, 0.1) is 0 Å². The lowest BCUT2D eigenvalue weighted by Gasteiger charge is -2.10. The molecular weight excluding hydrogens is 307 g/mol. The lowest BCUT2D eigenvalue weighted by molar-refractivity contribution is 1.14. The van der Waals surface area contributed by atoms with Crippen LogP contribution in [0.4, 0.5) is 0 Å². The molecule has 3 heteroatoms. The van der Waals surface area contributed by atoms with E-state index in [9.17, 15) is 0 Å². The summed E-state index contributed by atoms with van der Waals surface area (Å²) in [6.07, 6.45) is 0. The smallest absolute Gasteiger partial charge is 0.0835 e. The molecule has 0 nitrogen and oxygen atoms in total. The van der Waals surface area contributed by atoms with Gasteiger partial charge in [-0.25, -0.2) is 0 Å². The van der Waals surface area contributed by atoms with Gasteiger partial charge >= 0.3 is 0 Å². The summed E-state index contributed by atoms with van der Waals surface area (Å²) in [7, 11) is 0. The molecule has 0 aliphatic heterocycles. The molecule has 0 unspecified atom stereocenters. The third-order valence-electron chi connectivity index (χ3n) is 2.33. The molecule has 1 atom stereocenters. The molecule has 0 saturated heterocycles. The molecule has 2 aromatic rings. The maximum atomic E-state index is 6.38. The van der Waals surface area contributed by atoms with Crippen molar-refractivity contribution in [1.82, 2.24) is 0 Å². The van der Waals surface area contributed by atoms with Gasteiger partial charge in [0, 0.05) is 9.50 Å². The normalized spacial score (nSPS) is 12.4. The van der Waals surface area contributed by atoms with Crippen molar-refractivity contribution in [3.8, 4) is 0 Å². The predicted octanol–water partition coefficient (Wildman–Crippen LogP) is 5.43. The first-order valence-corrected chi connectivity index (χ1v) is 6.42. The molecular formula is C13H9BrCl2. The fraction of sp³-hybridized carbons (Fsp3) is 0.0769. The molecule has 0 aliphatic rings. The first-order valence-electron chi connectivity index (χ1n) is 4.82. The minimum Gasteiger partial charge on any atom is -0.113 e. The average molecular weight is 316 g/mol. The number of alkyl halides is 1. The van der Waals surface area contributed by atoms with Crippen LogP contribution in [0.5, 0.6) is 0 Å². The van der Waals surface area contributed by atoms with E-state index in [1.54, 1.807) is 0 Å². The van der Waals surface area contributed by atoms with Crippen LogP contribution in [0.25, 0.3) is 0 Å². The maximum absolute atomic E-state index is 6.38. The molecule has 16 heavy (non-hydrogen) atoms. The molecule has 0 heterocycles. The van der Waals surface area contributed by atoms with Crippen LogP contribution in [-0.4, -0.2) is 0 Å². The minimum atomic E-state index is -0.134. The quantitative estimate of drug-likeness (QED) is 0.648. The molecule has 2 aromatic carbocycles. The number of rotatable bonds is 2. The molecule has 0 spiro atoms. The van der Waals surface area contributed by atoms with Crippen LogP contribution in [0.15, 0.2) is 53.0 Å². The van der Waals surface area contributed by atoms with Crippen molar-refractivity contribution in [3.05, 3.63) is 69.2 Å². The summed E-state index contributed by atoms with van der Waals surface area (Å²) < 4.78 is 1.05. The topological polar surface area (TPSA) is 0 Å². The molecule has 0 fully saturated rings. The van der Waals surface area contributed by atoms with E-state index < -0.39 is 0 Å². The Labute approximate surface area is 113 Å². The highest BCUT2D eigenvalue weighted by molar-refractivity contribution is 9.10. The van der Waals surface area contributed by atoms with E-state index in [1.165, 1.54) is 0 Å². The zero-order valence-corrected chi connectivity index (χ0v) is 11.4. The molecule has 0 bridgehead atoms. The van der Waals surface area contributed by atoms with E-state index in [2.05, 4.69) is 15.9 Å². The van der Waals surface area contributed by atoms with Gasteiger partial charge in [0.05, 0.1) is 5.38 Å². The van der Waals surface area contributed by atoms with Gasteiger partial charge in [-0.15, -0.1) is 11.6 Å². The van der Waals surface area contributed by atoms with E-state index in [4.69, 9.17) is 23.2 Å². The summed E-state index contributed by atoms with van der Waals surface area (Å²) in [6.45, 7) is 0. The minimum absolute atomic E-state index is 0.134. The number of benzene rings is 2. The number of hydrogen-bond acceptors (Lipinski definition) is 0. The lowest BCUT2D eigenvalue weighted by Crippen LogP contribution is -1.92. The van der Waals surface area contributed by atoms with Crippen molar-refractivity contribution in [2.75, 3.05) is 0 Å². The van der Waals surface area contributed by atoms with Crippen LogP contribution in [0.1, 0.15) is 16.5 Å². The van der Waals surface area contributed by atoms with Crippen molar-refractivity contribution >= 4 is 39.1 Å². The van der Waals surface area contributed by atoms with Gasteiger partial charge in [0.15, 0.2) is 0 Å². The van der Waals surface area contributed by atoms with Crippen molar-refractivity contribution in [2.24, 2.45) is 0 Å². The number of halogens is 3. The van der Waals surface area contributed by atoms with E-state index >= 15 is 0 Å². The van der Waals surface area contributed by atoms with Crippen molar-refractivity contribution in [1.29, 1.82) is 0 Å². The van der Waals surface area contributed by atoms with Crippen molar-refractivity contribution in [3.63, 3.8) is 0 Å². The fourth-order valence-electron chi connectivity index (χ4n) is 1.46. The third kappa shape index (κ3) is 2.79. The summed E-state index contributed by atoms with van der Waals surface area (Å²) in [5.41, 5.74) is 2.13. The van der Waals surface area contributed by atoms with Crippen LogP contribution in [0.3, 0.4) is 0 Å². The molecule has 0 radical (unpaired) electrons. The molecule has 0 aliphatic carbocycles. The Bertz CT molecular complexity index is 417. The standard InChI is InChI=1S/C13H9BrCl2/c14-11-5-1-9(2-6-11)13(16)10-3-7-12(15)8-4-10/h1-8,13H/t13-/m0/s1. The predicted molar refractivity (Wildman–Crippen MR) is 73.3 cm³/mol. The van der Waals surface area contributed by atoms with Crippen LogP contribution in [-0.2, 0) is 0 Å². The van der Waals surface area contributed by atoms with Gasteiger partial charge < -0.3 is 0 Å². The number of hydrogen-bond donors (Lipinski definition) is 0. The van der Waals surface area contributed by atoms with Crippen LogP contribution >= 0.6 is 39.1 Å². The summed E-state index contributed by atoms with van der Waals surface area (Å²) in [6, 6.07) is 15.6. The van der Waals surface area contributed by atoms with Gasteiger partial charge in [-0.1, -0.05) is 51.8 Å². The van der Waals surface area contributed by atoms with E-state index in [0.717, 1.165) is 20.6 Å². The fourth-order valence-corrected chi connectivity index (χ4v) is 2.14. The molecule has 0 amide bonds. The van der Waals surface area contributed by atoms with Gasteiger partial charge in [0.1, 0.15) is 0 Å². The maximum Gasteiger partial charge on any atom is 0.0835 e. The second kappa shape index (κ2) is 5.22. The highest BCUT2D eigenvalue weighted by Gasteiger charge is 2.09. The van der Waals surface area contributed by atoms with Crippen molar-refractivity contribution in [2.45, 2.75) is 5.38 Å². The zero-order valence-electron chi connectivity index (χ0n) is 8.33.